The van der Waals surface area contributed by atoms with E-state index in [0.29, 0.717) is 18.9 Å². The molecule has 0 aromatic heterocycles. The van der Waals surface area contributed by atoms with Crippen LogP contribution in [0.3, 0.4) is 0 Å². The second-order valence-electron chi connectivity index (χ2n) is 5.34. The smallest absolute Gasteiger partial charge is 0.162 e. The Morgan fingerprint density at radius 3 is 2.42 bits per heavy atom. The van der Waals surface area contributed by atoms with Crippen LogP contribution in [0.1, 0.15) is 50.4 Å². The highest BCUT2D eigenvalue weighted by atomic mass is 79.9. The van der Waals surface area contributed by atoms with E-state index in [1.165, 1.54) is 0 Å². The first-order valence-electron chi connectivity index (χ1n) is 6.89. The number of hydrogen-bond donors (Lipinski definition) is 0. The maximum atomic E-state index is 11.9. The van der Waals surface area contributed by atoms with Crippen LogP contribution in [0.25, 0.3) is 0 Å². The van der Waals surface area contributed by atoms with Crippen LogP contribution in [0.5, 0.6) is 0 Å². The third-order valence-corrected chi connectivity index (χ3v) is 3.45. The van der Waals surface area contributed by atoms with Crippen molar-refractivity contribution in [3.63, 3.8) is 0 Å². The highest BCUT2D eigenvalue weighted by Crippen LogP contribution is 2.13. The molecule has 0 aliphatic heterocycles. The number of halogens is 1. The lowest BCUT2D eigenvalue weighted by Crippen LogP contribution is -2.12. The average molecular weight is 327 g/mol. The van der Waals surface area contributed by atoms with E-state index in [0.717, 1.165) is 22.9 Å². The van der Waals surface area contributed by atoms with Crippen LogP contribution in [0, 0.1) is 5.92 Å². The van der Waals surface area contributed by atoms with Gasteiger partial charge in [-0.2, -0.15) is 0 Å². The summed E-state index contributed by atoms with van der Waals surface area (Å²) in [5, 5.41) is 0. The molecular formula is C16H23BrO2. The van der Waals surface area contributed by atoms with E-state index < -0.39 is 0 Å². The molecule has 0 spiro atoms. The molecule has 0 saturated carbocycles. The third kappa shape index (κ3) is 6.88. The summed E-state index contributed by atoms with van der Waals surface area (Å²) in [6.07, 6.45) is 2.69. The van der Waals surface area contributed by atoms with Gasteiger partial charge < -0.3 is 4.74 Å². The number of ether oxygens (including phenoxy) is 1. The van der Waals surface area contributed by atoms with E-state index in [1.54, 1.807) is 0 Å². The van der Waals surface area contributed by atoms with Crippen LogP contribution in [-0.2, 0) is 4.74 Å². The number of carbonyl (C=O) groups is 1. The Labute approximate surface area is 124 Å². The molecule has 1 rings (SSSR count). The summed E-state index contributed by atoms with van der Waals surface area (Å²) in [6, 6.07) is 7.51. The number of hydrogen-bond acceptors (Lipinski definition) is 2. The highest BCUT2D eigenvalue weighted by molar-refractivity contribution is 9.10. The van der Waals surface area contributed by atoms with E-state index in [-0.39, 0.29) is 11.9 Å². The Kier molecular flexibility index (Phi) is 7.32. The molecule has 1 atom stereocenters. The van der Waals surface area contributed by atoms with Crippen molar-refractivity contribution in [3.05, 3.63) is 34.3 Å². The fourth-order valence-corrected chi connectivity index (χ4v) is 2.29. The summed E-state index contributed by atoms with van der Waals surface area (Å²) in [5.74, 6) is 0.840. The van der Waals surface area contributed by atoms with Gasteiger partial charge in [-0.3, -0.25) is 4.79 Å². The lowest BCUT2D eigenvalue weighted by molar-refractivity contribution is 0.0487. The summed E-state index contributed by atoms with van der Waals surface area (Å²) in [7, 11) is 0. The van der Waals surface area contributed by atoms with Crippen molar-refractivity contribution in [1.29, 1.82) is 0 Å². The maximum absolute atomic E-state index is 11.9. The molecule has 2 nitrogen and oxygen atoms in total. The first kappa shape index (κ1) is 16.4. The van der Waals surface area contributed by atoms with Crippen LogP contribution >= 0.6 is 15.9 Å². The van der Waals surface area contributed by atoms with Gasteiger partial charge in [-0.25, -0.2) is 0 Å². The average Bonchev–Trinajstić information content (AvgIpc) is 2.34. The van der Waals surface area contributed by atoms with Gasteiger partial charge in [-0.05, 0) is 37.8 Å². The van der Waals surface area contributed by atoms with Gasteiger partial charge in [0.2, 0.25) is 0 Å². The van der Waals surface area contributed by atoms with Crippen LogP contribution in [0.4, 0.5) is 0 Å². The van der Waals surface area contributed by atoms with E-state index in [1.807, 2.05) is 24.3 Å². The van der Waals surface area contributed by atoms with Gasteiger partial charge >= 0.3 is 0 Å². The summed E-state index contributed by atoms with van der Waals surface area (Å²) < 4.78 is 6.69. The lowest BCUT2D eigenvalue weighted by atomic mass is 10.1. The monoisotopic (exact) mass is 326 g/mol. The molecule has 19 heavy (non-hydrogen) atoms. The van der Waals surface area contributed by atoms with Gasteiger partial charge in [0, 0.05) is 23.1 Å². The highest BCUT2D eigenvalue weighted by Gasteiger charge is 2.07. The summed E-state index contributed by atoms with van der Waals surface area (Å²) in [6.45, 7) is 7.14. The molecule has 0 radical (unpaired) electrons. The molecular weight excluding hydrogens is 304 g/mol. The van der Waals surface area contributed by atoms with E-state index in [2.05, 4.69) is 36.7 Å². The van der Waals surface area contributed by atoms with Crippen molar-refractivity contribution in [2.24, 2.45) is 5.92 Å². The first-order chi connectivity index (χ1) is 8.99. The predicted octanol–water partition coefficient (Wildman–Crippen LogP) is 4.86. The molecule has 0 N–H and O–H groups in total. The normalized spacial score (nSPS) is 12.7. The molecule has 0 heterocycles. The Morgan fingerprint density at radius 1 is 1.21 bits per heavy atom. The zero-order chi connectivity index (χ0) is 14.3. The van der Waals surface area contributed by atoms with Gasteiger partial charge in [0.1, 0.15) is 0 Å². The number of carbonyl (C=O) groups excluding carboxylic acids is 1. The van der Waals surface area contributed by atoms with Crippen molar-refractivity contribution in [1.82, 2.24) is 0 Å². The minimum Gasteiger partial charge on any atom is -0.378 e. The van der Waals surface area contributed by atoms with Gasteiger partial charge in [0.25, 0.3) is 0 Å². The van der Waals surface area contributed by atoms with Crippen LogP contribution in [0.2, 0.25) is 0 Å². The molecule has 0 aliphatic rings. The molecule has 1 aromatic carbocycles. The molecule has 0 fully saturated rings. The molecule has 3 heteroatoms. The van der Waals surface area contributed by atoms with Gasteiger partial charge in [0.05, 0.1) is 6.10 Å². The molecule has 0 amide bonds. The molecule has 0 saturated heterocycles. The Morgan fingerprint density at radius 2 is 1.84 bits per heavy atom. The number of ketones is 1. The number of Topliss-reactive ketones (excluding diaryl/α,β-unsaturated/α-hetero) is 1. The quantitative estimate of drug-likeness (QED) is 0.503. The lowest BCUT2D eigenvalue weighted by Gasteiger charge is -2.14. The Bertz CT molecular complexity index is 384. The maximum Gasteiger partial charge on any atom is 0.162 e. The van der Waals surface area contributed by atoms with Crippen LogP contribution < -0.4 is 0 Å². The number of rotatable bonds is 8. The SMILES string of the molecule is CC(C)CC(C)OCCCC(=O)c1ccc(Br)cc1. The fraction of sp³-hybridized carbons (Fsp3) is 0.562. The molecule has 0 bridgehead atoms. The summed E-state index contributed by atoms with van der Waals surface area (Å²) in [4.78, 5) is 11.9. The van der Waals surface area contributed by atoms with E-state index in [9.17, 15) is 4.79 Å². The topological polar surface area (TPSA) is 26.3 Å². The van der Waals surface area contributed by atoms with Crippen molar-refractivity contribution in [2.45, 2.75) is 46.1 Å². The van der Waals surface area contributed by atoms with Crippen molar-refractivity contribution >= 4 is 21.7 Å². The molecule has 1 unspecified atom stereocenters. The largest absolute Gasteiger partial charge is 0.378 e. The zero-order valence-corrected chi connectivity index (χ0v) is 13.6. The van der Waals surface area contributed by atoms with Crippen molar-refractivity contribution in [2.75, 3.05) is 6.61 Å². The fourth-order valence-electron chi connectivity index (χ4n) is 2.03. The molecule has 106 valence electrons. The van der Waals surface area contributed by atoms with E-state index >= 15 is 0 Å². The second kappa shape index (κ2) is 8.49. The van der Waals surface area contributed by atoms with Crippen molar-refractivity contribution < 1.29 is 9.53 Å². The zero-order valence-electron chi connectivity index (χ0n) is 12.0. The first-order valence-corrected chi connectivity index (χ1v) is 7.68. The van der Waals surface area contributed by atoms with Crippen LogP contribution in [0.15, 0.2) is 28.7 Å². The minimum atomic E-state index is 0.188. The Hall–Kier alpha value is -0.670. The van der Waals surface area contributed by atoms with Gasteiger partial charge in [-0.15, -0.1) is 0 Å². The second-order valence-corrected chi connectivity index (χ2v) is 6.26. The minimum absolute atomic E-state index is 0.188. The summed E-state index contributed by atoms with van der Waals surface area (Å²) >= 11 is 3.36. The standard InChI is InChI=1S/C16H23BrO2/c1-12(2)11-13(3)19-10-4-5-16(18)14-6-8-15(17)9-7-14/h6-9,12-13H,4-5,10-11H2,1-3H3. The predicted molar refractivity (Wildman–Crippen MR) is 82.6 cm³/mol. The van der Waals surface area contributed by atoms with Crippen molar-refractivity contribution in [3.8, 4) is 0 Å². The van der Waals surface area contributed by atoms with Crippen LogP contribution in [-0.4, -0.2) is 18.5 Å². The Balaban J connectivity index is 2.22. The summed E-state index contributed by atoms with van der Waals surface area (Å²) in [5.41, 5.74) is 0.776. The number of benzene rings is 1. The molecule has 0 aliphatic carbocycles. The van der Waals surface area contributed by atoms with Gasteiger partial charge in [0.15, 0.2) is 5.78 Å². The molecule has 1 aromatic rings. The third-order valence-electron chi connectivity index (χ3n) is 2.92. The van der Waals surface area contributed by atoms with Gasteiger partial charge in [-0.1, -0.05) is 41.9 Å². The van der Waals surface area contributed by atoms with E-state index in [4.69, 9.17) is 4.74 Å².